The lowest BCUT2D eigenvalue weighted by Crippen LogP contribution is -2.39. The van der Waals surface area contributed by atoms with Crippen molar-refractivity contribution in [2.24, 2.45) is 0 Å². The molecule has 1 unspecified atom stereocenters. The molecule has 0 heterocycles. The van der Waals surface area contributed by atoms with Crippen LogP contribution in [-0.2, 0) is 6.42 Å². The lowest BCUT2D eigenvalue weighted by molar-refractivity contribution is 0.188. The fraction of sp³-hybridized carbons (Fsp3) is 0.222. The van der Waals surface area contributed by atoms with E-state index in [9.17, 15) is 4.79 Å². The SMILES string of the molecule is Cc1cccc(NC(=O)N(CC=Cc2ccccc2)C2CCCc3ccccc32)c1. The fourth-order valence-electron chi connectivity index (χ4n) is 4.19. The maximum Gasteiger partial charge on any atom is 0.322 e. The van der Waals surface area contributed by atoms with Crippen LogP contribution in [-0.4, -0.2) is 17.5 Å². The molecule has 152 valence electrons. The third-order valence-electron chi connectivity index (χ3n) is 5.66. The number of carbonyl (C=O) groups is 1. The predicted octanol–water partition coefficient (Wildman–Crippen LogP) is 6.62. The minimum absolute atomic E-state index is 0.0555. The van der Waals surface area contributed by atoms with Crippen molar-refractivity contribution < 1.29 is 4.79 Å². The van der Waals surface area contributed by atoms with Gasteiger partial charge in [0.05, 0.1) is 6.04 Å². The average Bonchev–Trinajstić information content (AvgIpc) is 2.77. The summed E-state index contributed by atoms with van der Waals surface area (Å²) in [5.41, 5.74) is 5.73. The monoisotopic (exact) mass is 396 g/mol. The Balaban J connectivity index is 1.59. The van der Waals surface area contributed by atoms with Crippen LogP contribution in [0, 0.1) is 6.92 Å². The molecule has 4 rings (SSSR count). The number of urea groups is 1. The van der Waals surface area contributed by atoms with Crippen molar-refractivity contribution >= 4 is 17.8 Å². The molecular formula is C27H28N2O. The molecule has 1 N–H and O–H groups in total. The van der Waals surface area contributed by atoms with Gasteiger partial charge in [0.25, 0.3) is 0 Å². The van der Waals surface area contributed by atoms with E-state index in [1.54, 1.807) is 0 Å². The molecular weight excluding hydrogens is 368 g/mol. The minimum Gasteiger partial charge on any atom is -0.314 e. The number of hydrogen-bond donors (Lipinski definition) is 1. The summed E-state index contributed by atoms with van der Waals surface area (Å²) in [5.74, 6) is 0. The van der Waals surface area contributed by atoms with E-state index >= 15 is 0 Å². The highest BCUT2D eigenvalue weighted by atomic mass is 16.2. The van der Waals surface area contributed by atoms with Crippen molar-refractivity contribution in [3.8, 4) is 0 Å². The first-order valence-corrected chi connectivity index (χ1v) is 10.6. The van der Waals surface area contributed by atoms with E-state index in [-0.39, 0.29) is 12.1 Å². The van der Waals surface area contributed by atoms with Crippen LogP contribution in [0.4, 0.5) is 10.5 Å². The Morgan fingerprint density at radius 3 is 2.67 bits per heavy atom. The van der Waals surface area contributed by atoms with E-state index in [1.165, 1.54) is 11.1 Å². The molecule has 1 aliphatic carbocycles. The molecule has 0 radical (unpaired) electrons. The summed E-state index contributed by atoms with van der Waals surface area (Å²) in [6.45, 7) is 2.60. The molecule has 0 aromatic heterocycles. The van der Waals surface area contributed by atoms with Gasteiger partial charge in [-0.05, 0) is 60.6 Å². The normalized spacial score (nSPS) is 15.6. The summed E-state index contributed by atoms with van der Waals surface area (Å²) in [7, 11) is 0. The van der Waals surface area contributed by atoms with Crippen LogP contribution in [0.1, 0.15) is 41.1 Å². The summed E-state index contributed by atoms with van der Waals surface area (Å²) < 4.78 is 0. The van der Waals surface area contributed by atoms with Gasteiger partial charge in [-0.2, -0.15) is 0 Å². The van der Waals surface area contributed by atoms with Gasteiger partial charge in [0.1, 0.15) is 0 Å². The number of anilines is 1. The molecule has 2 amide bonds. The first-order valence-electron chi connectivity index (χ1n) is 10.6. The highest BCUT2D eigenvalue weighted by molar-refractivity contribution is 5.90. The maximum atomic E-state index is 13.4. The van der Waals surface area contributed by atoms with E-state index in [4.69, 9.17) is 0 Å². The second-order valence-corrected chi connectivity index (χ2v) is 7.87. The summed E-state index contributed by atoms with van der Waals surface area (Å²) >= 11 is 0. The van der Waals surface area contributed by atoms with Crippen LogP contribution in [0.5, 0.6) is 0 Å². The Hall–Kier alpha value is -3.33. The van der Waals surface area contributed by atoms with Crippen molar-refractivity contribution in [3.05, 3.63) is 107 Å². The lowest BCUT2D eigenvalue weighted by Gasteiger charge is -2.35. The van der Waals surface area contributed by atoms with Crippen molar-refractivity contribution in [3.63, 3.8) is 0 Å². The van der Waals surface area contributed by atoms with E-state index in [0.717, 1.165) is 36.1 Å². The van der Waals surface area contributed by atoms with Crippen LogP contribution >= 0.6 is 0 Å². The van der Waals surface area contributed by atoms with Gasteiger partial charge in [-0.1, -0.05) is 78.9 Å². The van der Waals surface area contributed by atoms with E-state index in [2.05, 4.69) is 53.9 Å². The van der Waals surface area contributed by atoms with Crippen LogP contribution < -0.4 is 5.32 Å². The average molecular weight is 397 g/mol. The first kappa shape index (κ1) is 20.0. The van der Waals surface area contributed by atoms with Crippen LogP contribution in [0.15, 0.2) is 84.9 Å². The number of fused-ring (bicyclic) bond motifs is 1. The molecule has 0 spiro atoms. The first-order chi connectivity index (χ1) is 14.7. The van der Waals surface area contributed by atoms with Gasteiger partial charge in [0.2, 0.25) is 0 Å². The number of nitrogens with zero attached hydrogens (tertiary/aromatic N) is 1. The van der Waals surface area contributed by atoms with Crippen molar-refractivity contribution in [1.82, 2.24) is 4.90 Å². The van der Waals surface area contributed by atoms with Gasteiger partial charge in [0, 0.05) is 12.2 Å². The zero-order chi connectivity index (χ0) is 20.8. The molecule has 3 heteroatoms. The Kier molecular flexibility index (Phi) is 6.29. The molecule has 0 bridgehead atoms. The van der Waals surface area contributed by atoms with Crippen LogP contribution in [0.25, 0.3) is 6.08 Å². The second-order valence-electron chi connectivity index (χ2n) is 7.87. The van der Waals surface area contributed by atoms with Gasteiger partial charge in [-0.3, -0.25) is 0 Å². The Morgan fingerprint density at radius 2 is 1.83 bits per heavy atom. The molecule has 3 nitrogen and oxygen atoms in total. The summed E-state index contributed by atoms with van der Waals surface area (Å²) in [5, 5.41) is 3.11. The largest absolute Gasteiger partial charge is 0.322 e. The highest BCUT2D eigenvalue weighted by Gasteiger charge is 2.28. The van der Waals surface area contributed by atoms with Crippen molar-refractivity contribution in [2.75, 3.05) is 11.9 Å². The third-order valence-corrected chi connectivity index (χ3v) is 5.66. The highest BCUT2D eigenvalue weighted by Crippen LogP contribution is 2.34. The zero-order valence-electron chi connectivity index (χ0n) is 17.4. The molecule has 0 saturated carbocycles. The minimum atomic E-state index is -0.0555. The summed E-state index contributed by atoms with van der Waals surface area (Å²) in [6, 6.07) is 26.7. The number of carbonyl (C=O) groups excluding carboxylic acids is 1. The fourth-order valence-corrected chi connectivity index (χ4v) is 4.19. The number of nitrogens with one attached hydrogen (secondary N) is 1. The molecule has 30 heavy (non-hydrogen) atoms. The zero-order valence-corrected chi connectivity index (χ0v) is 17.4. The molecule has 1 aliphatic rings. The van der Waals surface area contributed by atoms with Crippen LogP contribution in [0.2, 0.25) is 0 Å². The quantitative estimate of drug-likeness (QED) is 0.516. The van der Waals surface area contributed by atoms with E-state index in [0.29, 0.717) is 6.54 Å². The molecule has 0 fully saturated rings. The number of aryl methyl sites for hydroxylation is 2. The van der Waals surface area contributed by atoms with Crippen molar-refractivity contribution in [1.29, 1.82) is 0 Å². The Bertz CT molecular complexity index is 1030. The summed E-state index contributed by atoms with van der Waals surface area (Å²) in [6.07, 6.45) is 7.33. The maximum absolute atomic E-state index is 13.4. The Labute approximate surface area is 179 Å². The lowest BCUT2D eigenvalue weighted by atomic mass is 9.87. The number of benzene rings is 3. The van der Waals surface area contributed by atoms with Crippen LogP contribution in [0.3, 0.4) is 0 Å². The smallest absolute Gasteiger partial charge is 0.314 e. The van der Waals surface area contributed by atoms with E-state index < -0.39 is 0 Å². The van der Waals surface area contributed by atoms with Gasteiger partial charge in [0.15, 0.2) is 0 Å². The number of amides is 2. The molecule has 0 aliphatic heterocycles. The van der Waals surface area contributed by atoms with E-state index in [1.807, 2.05) is 54.3 Å². The molecule has 0 saturated heterocycles. The number of hydrogen-bond acceptors (Lipinski definition) is 1. The molecule has 3 aromatic carbocycles. The Morgan fingerprint density at radius 1 is 1.03 bits per heavy atom. The van der Waals surface area contributed by atoms with Gasteiger partial charge < -0.3 is 10.2 Å². The van der Waals surface area contributed by atoms with Gasteiger partial charge in [-0.25, -0.2) is 4.79 Å². The van der Waals surface area contributed by atoms with Gasteiger partial charge in [-0.15, -0.1) is 0 Å². The molecule has 1 atom stereocenters. The van der Waals surface area contributed by atoms with Crippen molar-refractivity contribution in [2.45, 2.75) is 32.2 Å². The summed E-state index contributed by atoms with van der Waals surface area (Å²) in [4.78, 5) is 15.3. The topological polar surface area (TPSA) is 32.3 Å². The second kappa shape index (κ2) is 9.45. The third kappa shape index (κ3) is 4.80. The molecule has 3 aromatic rings. The van der Waals surface area contributed by atoms with Gasteiger partial charge >= 0.3 is 6.03 Å². The standard InChI is InChI=1S/C27H28N2O/c1-21-10-7-16-24(20-21)28-27(30)29(19-9-13-22-11-3-2-4-12-22)26-18-8-15-23-14-5-6-17-25(23)26/h2-7,9-14,16-17,20,26H,8,15,18-19H2,1H3,(H,28,30). The number of rotatable bonds is 5. The predicted molar refractivity (Wildman–Crippen MR) is 125 cm³/mol.